The highest BCUT2D eigenvalue weighted by Gasteiger charge is 2.31. The monoisotopic (exact) mass is 511 g/mol. The normalized spacial score (nSPS) is 11.9. The number of nitrogens with two attached hydrogens (primary N) is 1. The molecule has 0 aromatic heterocycles. The Morgan fingerprint density at radius 2 is 1.25 bits per heavy atom. The highest BCUT2D eigenvalue weighted by atomic mass is 32.2. The minimum Gasteiger partial charge on any atom is -0.406 e. The van der Waals surface area contributed by atoms with Crippen LogP contribution in [0.5, 0.6) is 5.75 Å². The van der Waals surface area contributed by atoms with E-state index in [1.807, 2.05) is 54.6 Å². The fourth-order valence-electron chi connectivity index (χ4n) is 3.99. The van der Waals surface area contributed by atoms with Crippen molar-refractivity contribution in [2.24, 2.45) is 5.14 Å². The van der Waals surface area contributed by atoms with Gasteiger partial charge in [-0.3, -0.25) is 0 Å². The van der Waals surface area contributed by atoms with Gasteiger partial charge in [-0.25, -0.2) is 13.6 Å². The van der Waals surface area contributed by atoms with Crippen LogP contribution in [0.3, 0.4) is 0 Å². The predicted octanol–water partition coefficient (Wildman–Crippen LogP) is 6.74. The molecular formula is C28H24F3NO3S. The summed E-state index contributed by atoms with van der Waals surface area (Å²) in [6.07, 6.45) is -2.18. The molecule has 0 aliphatic heterocycles. The molecule has 36 heavy (non-hydrogen) atoms. The summed E-state index contributed by atoms with van der Waals surface area (Å²) in [6.45, 7) is 0. The van der Waals surface area contributed by atoms with E-state index in [0.717, 1.165) is 47.1 Å². The van der Waals surface area contributed by atoms with Gasteiger partial charge in [0.25, 0.3) is 0 Å². The maximum absolute atomic E-state index is 12.5. The molecule has 186 valence electrons. The second-order valence-corrected chi connectivity index (χ2v) is 9.96. The van der Waals surface area contributed by atoms with Crippen molar-refractivity contribution in [3.8, 4) is 28.0 Å². The van der Waals surface area contributed by atoms with Gasteiger partial charge >= 0.3 is 6.36 Å². The Kier molecular flexibility index (Phi) is 7.47. The quantitative estimate of drug-likeness (QED) is 0.285. The molecule has 0 radical (unpaired) electrons. The SMILES string of the molecule is NS(=O)(=O)c1cccc(-c2ccc(CCCc3cccc(-c4cccc(OC(F)(F)F)c4)c3)cc2)c1. The maximum Gasteiger partial charge on any atom is 0.573 e. The van der Waals surface area contributed by atoms with Crippen molar-refractivity contribution in [1.29, 1.82) is 0 Å². The Morgan fingerprint density at radius 1 is 0.667 bits per heavy atom. The van der Waals surface area contributed by atoms with E-state index in [4.69, 9.17) is 5.14 Å². The Labute approximate surface area is 208 Å². The molecule has 4 aromatic rings. The molecule has 0 fully saturated rings. The average molecular weight is 512 g/mol. The van der Waals surface area contributed by atoms with Crippen LogP contribution in [-0.4, -0.2) is 14.8 Å². The summed E-state index contributed by atoms with van der Waals surface area (Å²) in [5, 5.41) is 5.23. The van der Waals surface area contributed by atoms with Gasteiger partial charge < -0.3 is 4.74 Å². The van der Waals surface area contributed by atoms with Crippen LogP contribution in [0.25, 0.3) is 22.3 Å². The standard InChI is InChI=1S/C28H24F3NO3S/c29-28(30,31)35-26-11-3-9-24(18-26)23-8-2-7-21(17-23)6-1-5-20-13-15-22(16-14-20)25-10-4-12-27(19-25)36(32,33)34/h2-4,7-19H,1,5-6H2,(H2,32,33,34). The number of primary sulfonamides is 1. The van der Waals surface area contributed by atoms with Crippen LogP contribution in [0.15, 0.2) is 102 Å². The zero-order valence-electron chi connectivity index (χ0n) is 19.2. The van der Waals surface area contributed by atoms with Gasteiger partial charge in [-0.2, -0.15) is 0 Å². The second-order valence-electron chi connectivity index (χ2n) is 8.40. The van der Waals surface area contributed by atoms with Crippen LogP contribution in [0.2, 0.25) is 0 Å². The molecule has 4 aromatic carbocycles. The molecule has 0 spiro atoms. The first-order chi connectivity index (χ1) is 17.1. The number of benzene rings is 4. The lowest BCUT2D eigenvalue weighted by Gasteiger charge is -2.11. The smallest absolute Gasteiger partial charge is 0.406 e. The highest BCUT2D eigenvalue weighted by Crippen LogP contribution is 2.29. The summed E-state index contributed by atoms with van der Waals surface area (Å²) in [5.41, 5.74) is 5.38. The molecule has 0 bridgehead atoms. The van der Waals surface area contributed by atoms with Crippen molar-refractivity contribution in [1.82, 2.24) is 0 Å². The van der Waals surface area contributed by atoms with Crippen LogP contribution in [0.1, 0.15) is 17.5 Å². The number of hydrogen-bond acceptors (Lipinski definition) is 3. The number of hydrogen-bond donors (Lipinski definition) is 1. The van der Waals surface area contributed by atoms with Gasteiger partial charge in [-0.05, 0) is 76.9 Å². The van der Waals surface area contributed by atoms with Crippen LogP contribution in [0, 0.1) is 0 Å². The number of aryl methyl sites for hydroxylation is 2. The number of alkyl halides is 3. The van der Waals surface area contributed by atoms with Gasteiger partial charge in [0, 0.05) is 0 Å². The van der Waals surface area contributed by atoms with Crippen molar-refractivity contribution in [3.63, 3.8) is 0 Å². The lowest BCUT2D eigenvalue weighted by atomic mass is 9.98. The summed E-state index contributed by atoms with van der Waals surface area (Å²) < 4.78 is 64.9. The molecule has 0 atom stereocenters. The largest absolute Gasteiger partial charge is 0.573 e. The molecule has 0 aliphatic carbocycles. The highest BCUT2D eigenvalue weighted by molar-refractivity contribution is 7.89. The topological polar surface area (TPSA) is 69.4 Å². The van der Waals surface area contributed by atoms with Crippen molar-refractivity contribution in [2.45, 2.75) is 30.5 Å². The fourth-order valence-corrected chi connectivity index (χ4v) is 4.55. The summed E-state index contributed by atoms with van der Waals surface area (Å²) in [5.74, 6) is -0.245. The maximum atomic E-state index is 12.5. The van der Waals surface area contributed by atoms with Crippen molar-refractivity contribution < 1.29 is 26.3 Å². The Balaban J connectivity index is 1.38. The molecule has 4 nitrogen and oxygen atoms in total. The van der Waals surface area contributed by atoms with E-state index in [1.165, 1.54) is 24.3 Å². The summed E-state index contributed by atoms with van der Waals surface area (Å²) in [6, 6.07) is 28.2. The Morgan fingerprint density at radius 3 is 1.92 bits per heavy atom. The first-order valence-electron chi connectivity index (χ1n) is 11.2. The van der Waals surface area contributed by atoms with E-state index in [1.54, 1.807) is 18.2 Å². The molecule has 0 aliphatic rings. The number of rotatable bonds is 8. The molecule has 4 rings (SSSR count). The molecule has 0 saturated heterocycles. The van der Waals surface area contributed by atoms with Crippen LogP contribution in [0.4, 0.5) is 13.2 Å². The summed E-state index contributed by atoms with van der Waals surface area (Å²) in [4.78, 5) is 0.0749. The number of halogens is 3. The summed E-state index contributed by atoms with van der Waals surface area (Å²) >= 11 is 0. The number of sulfonamides is 1. The first-order valence-corrected chi connectivity index (χ1v) is 12.8. The average Bonchev–Trinajstić information content (AvgIpc) is 2.83. The third-order valence-electron chi connectivity index (χ3n) is 5.71. The zero-order valence-corrected chi connectivity index (χ0v) is 20.0. The van der Waals surface area contributed by atoms with Gasteiger partial charge in [-0.15, -0.1) is 13.2 Å². The lowest BCUT2D eigenvalue weighted by Crippen LogP contribution is -2.17. The van der Waals surface area contributed by atoms with Crippen LogP contribution in [-0.2, 0) is 22.9 Å². The van der Waals surface area contributed by atoms with Crippen molar-refractivity contribution in [2.75, 3.05) is 0 Å². The van der Waals surface area contributed by atoms with Crippen molar-refractivity contribution >= 4 is 10.0 Å². The Bertz CT molecular complexity index is 1450. The van der Waals surface area contributed by atoms with Gasteiger partial charge in [-0.1, -0.05) is 72.8 Å². The molecule has 0 heterocycles. The van der Waals surface area contributed by atoms with E-state index in [0.29, 0.717) is 5.56 Å². The molecule has 0 saturated carbocycles. The minimum atomic E-state index is -4.73. The summed E-state index contributed by atoms with van der Waals surface area (Å²) in [7, 11) is -3.76. The molecule has 0 amide bonds. The number of ether oxygens (including phenoxy) is 1. The first kappa shape index (κ1) is 25.5. The van der Waals surface area contributed by atoms with E-state index in [-0.39, 0.29) is 10.6 Å². The van der Waals surface area contributed by atoms with E-state index in [2.05, 4.69) is 4.74 Å². The van der Waals surface area contributed by atoms with E-state index in [9.17, 15) is 21.6 Å². The predicted molar refractivity (Wildman–Crippen MR) is 134 cm³/mol. The van der Waals surface area contributed by atoms with Gasteiger partial charge in [0.2, 0.25) is 10.0 Å². The molecule has 0 unspecified atom stereocenters. The minimum absolute atomic E-state index is 0.0749. The van der Waals surface area contributed by atoms with Crippen LogP contribution >= 0.6 is 0 Å². The van der Waals surface area contributed by atoms with Crippen molar-refractivity contribution in [3.05, 3.63) is 108 Å². The Hall–Kier alpha value is -3.62. The van der Waals surface area contributed by atoms with Gasteiger partial charge in [0.15, 0.2) is 0 Å². The van der Waals surface area contributed by atoms with E-state index >= 15 is 0 Å². The molecular weight excluding hydrogens is 487 g/mol. The molecule has 8 heteroatoms. The third-order valence-corrected chi connectivity index (χ3v) is 6.62. The van der Waals surface area contributed by atoms with Gasteiger partial charge in [0.05, 0.1) is 4.90 Å². The molecule has 2 N–H and O–H groups in total. The van der Waals surface area contributed by atoms with Crippen LogP contribution < -0.4 is 9.88 Å². The fraction of sp³-hybridized carbons (Fsp3) is 0.143. The lowest BCUT2D eigenvalue weighted by molar-refractivity contribution is -0.274. The van der Waals surface area contributed by atoms with E-state index < -0.39 is 16.4 Å². The second kappa shape index (κ2) is 10.6. The van der Waals surface area contributed by atoms with Gasteiger partial charge in [0.1, 0.15) is 5.75 Å². The third kappa shape index (κ3) is 6.96. The zero-order chi connectivity index (χ0) is 25.8.